The maximum atomic E-state index is 8.19. The lowest BCUT2D eigenvalue weighted by atomic mass is 9.93. The van der Waals surface area contributed by atoms with Crippen molar-refractivity contribution < 1.29 is 33.2 Å². The second-order valence-electron chi connectivity index (χ2n) is 13.6. The van der Waals surface area contributed by atoms with E-state index in [0.29, 0.717) is 68.0 Å². The van der Waals surface area contributed by atoms with Crippen LogP contribution in [0.15, 0.2) is 152 Å². The lowest BCUT2D eigenvalue weighted by molar-refractivity contribution is -0.149. The van der Waals surface area contributed by atoms with Crippen LogP contribution in [0.5, 0.6) is 28.7 Å². The van der Waals surface area contributed by atoms with Crippen molar-refractivity contribution in [2.24, 2.45) is 0 Å². The molecular formula is C48H47NO7. The van der Waals surface area contributed by atoms with Gasteiger partial charge < -0.3 is 33.2 Å². The van der Waals surface area contributed by atoms with Crippen molar-refractivity contribution in [3.63, 3.8) is 0 Å². The normalized spacial score (nSPS) is 15.1. The number of nitrogens with one attached hydrogen (secondary N) is 1. The first-order valence-corrected chi connectivity index (χ1v) is 19.0. The summed E-state index contributed by atoms with van der Waals surface area (Å²) in [6.45, 7) is 5.18. The van der Waals surface area contributed by atoms with E-state index >= 15 is 0 Å². The Bertz CT molecular complexity index is 2150. The fourth-order valence-corrected chi connectivity index (χ4v) is 6.48. The van der Waals surface area contributed by atoms with Gasteiger partial charge in [0, 0.05) is 30.5 Å². The highest BCUT2D eigenvalue weighted by Crippen LogP contribution is 2.45. The second kappa shape index (κ2) is 18.9. The van der Waals surface area contributed by atoms with Crippen molar-refractivity contribution >= 4 is 5.90 Å². The van der Waals surface area contributed by atoms with Crippen LogP contribution in [0.25, 0.3) is 0 Å². The highest BCUT2D eigenvalue weighted by atomic mass is 16.7. The van der Waals surface area contributed by atoms with Gasteiger partial charge in [0.25, 0.3) is 0 Å². The average molecular weight is 750 g/mol. The monoisotopic (exact) mass is 749 g/mol. The molecular weight excluding hydrogens is 703 g/mol. The zero-order valence-electron chi connectivity index (χ0n) is 31.8. The summed E-state index contributed by atoms with van der Waals surface area (Å²) < 4.78 is 45.0. The molecule has 1 aliphatic rings. The van der Waals surface area contributed by atoms with Gasteiger partial charge in [-0.2, -0.15) is 0 Å². The maximum absolute atomic E-state index is 8.19. The van der Waals surface area contributed by atoms with Crippen molar-refractivity contribution in [2.45, 2.75) is 71.6 Å². The third kappa shape index (κ3) is 10.3. The molecule has 0 aliphatic carbocycles. The quantitative estimate of drug-likeness (QED) is 0.0564. The summed E-state index contributed by atoms with van der Waals surface area (Å²) in [6.07, 6.45) is -0.905. The molecule has 0 radical (unpaired) electrons. The highest BCUT2D eigenvalue weighted by molar-refractivity contribution is 5.72. The summed E-state index contributed by atoms with van der Waals surface area (Å²) >= 11 is 0. The van der Waals surface area contributed by atoms with Crippen molar-refractivity contribution in [2.75, 3.05) is 0 Å². The summed E-state index contributed by atoms with van der Waals surface area (Å²) in [5.41, 5.74) is 5.86. The topological polar surface area (TPSA) is 88.5 Å². The number of hydrogen-bond donors (Lipinski definition) is 1. The molecule has 56 heavy (non-hydrogen) atoms. The molecule has 0 aromatic heterocycles. The Morgan fingerprint density at radius 2 is 1.11 bits per heavy atom. The van der Waals surface area contributed by atoms with Gasteiger partial charge in [-0.25, -0.2) is 0 Å². The average Bonchev–Trinajstić information content (AvgIpc) is 3.24. The second-order valence-corrected chi connectivity index (χ2v) is 13.6. The predicted octanol–water partition coefficient (Wildman–Crippen LogP) is 10.8. The van der Waals surface area contributed by atoms with Crippen LogP contribution in [-0.2, 0) is 42.3 Å². The molecule has 0 saturated heterocycles. The lowest BCUT2D eigenvalue weighted by Crippen LogP contribution is -2.36. The maximum Gasteiger partial charge on any atom is 0.198 e. The van der Waals surface area contributed by atoms with Gasteiger partial charge in [-0.05, 0) is 46.9 Å². The summed E-state index contributed by atoms with van der Waals surface area (Å²) in [6, 6.07) is 49.9. The van der Waals surface area contributed by atoms with E-state index in [9.17, 15) is 0 Å². The minimum atomic E-state index is -0.704. The molecule has 286 valence electrons. The van der Waals surface area contributed by atoms with Crippen molar-refractivity contribution in [3.8, 4) is 28.7 Å². The van der Waals surface area contributed by atoms with E-state index in [0.717, 1.165) is 33.4 Å². The van der Waals surface area contributed by atoms with Crippen LogP contribution in [0.2, 0.25) is 0 Å². The van der Waals surface area contributed by atoms with E-state index in [4.69, 9.17) is 38.6 Å². The molecule has 7 rings (SSSR count). The van der Waals surface area contributed by atoms with Gasteiger partial charge in [0.15, 0.2) is 29.8 Å². The molecule has 8 heteroatoms. The Balaban J connectivity index is 1.23. The number of rotatable bonds is 17. The number of benzene rings is 6. The van der Waals surface area contributed by atoms with Crippen molar-refractivity contribution in [1.82, 2.24) is 0 Å². The smallest absolute Gasteiger partial charge is 0.198 e. The molecule has 6 aromatic carbocycles. The van der Waals surface area contributed by atoms with Gasteiger partial charge in [0.1, 0.15) is 49.8 Å². The third-order valence-electron chi connectivity index (χ3n) is 9.39. The Labute approximate surface area is 329 Å². The lowest BCUT2D eigenvalue weighted by Gasteiger charge is -2.36. The molecule has 1 heterocycles. The zero-order valence-corrected chi connectivity index (χ0v) is 31.8. The Kier molecular flexibility index (Phi) is 12.8. The summed E-state index contributed by atoms with van der Waals surface area (Å²) in [5.74, 6) is 3.25. The van der Waals surface area contributed by atoms with Crippen LogP contribution in [0.3, 0.4) is 0 Å². The number of hydrogen-bond acceptors (Lipinski definition) is 8. The predicted molar refractivity (Wildman–Crippen MR) is 216 cm³/mol. The minimum Gasteiger partial charge on any atom is -0.489 e. The van der Waals surface area contributed by atoms with Gasteiger partial charge in [-0.1, -0.05) is 134 Å². The molecule has 8 nitrogen and oxygen atoms in total. The van der Waals surface area contributed by atoms with E-state index in [2.05, 4.69) is 0 Å². The molecule has 1 unspecified atom stereocenters. The van der Waals surface area contributed by atoms with Gasteiger partial charge in [-0.15, -0.1) is 0 Å². The van der Waals surface area contributed by atoms with Crippen LogP contribution in [0, 0.1) is 5.41 Å². The van der Waals surface area contributed by atoms with Gasteiger partial charge in [0.2, 0.25) is 0 Å². The first-order valence-electron chi connectivity index (χ1n) is 19.0. The summed E-state index contributed by atoms with van der Waals surface area (Å²) in [7, 11) is 0. The molecule has 0 amide bonds. The summed E-state index contributed by atoms with van der Waals surface area (Å²) in [4.78, 5) is 0. The van der Waals surface area contributed by atoms with Gasteiger partial charge in [0.05, 0.1) is 0 Å². The fraction of sp³-hybridized carbons (Fsp3) is 0.229. The fourth-order valence-electron chi connectivity index (χ4n) is 6.48. The molecule has 0 saturated carbocycles. The van der Waals surface area contributed by atoms with E-state index in [1.807, 2.05) is 159 Å². The Morgan fingerprint density at radius 3 is 1.64 bits per heavy atom. The van der Waals surface area contributed by atoms with Crippen LogP contribution >= 0.6 is 0 Å². The molecule has 0 fully saturated rings. The first kappa shape index (κ1) is 38.0. The van der Waals surface area contributed by atoms with Crippen LogP contribution < -0.4 is 23.7 Å². The van der Waals surface area contributed by atoms with E-state index in [1.54, 1.807) is 6.92 Å². The van der Waals surface area contributed by atoms with Gasteiger partial charge >= 0.3 is 0 Å². The van der Waals surface area contributed by atoms with Crippen LogP contribution in [0.4, 0.5) is 0 Å². The molecule has 0 spiro atoms. The largest absolute Gasteiger partial charge is 0.489 e. The SMILES string of the molecule is CCC(=N)OC(C)O[C@@H]1Cc2c(OCc3ccccc3)cc(OCc3ccccc3)cc2O[C@@H]1c1ccc(OCc2ccccc2)c(OCc2ccccc2)c1. The highest BCUT2D eigenvalue weighted by Gasteiger charge is 2.37. The Morgan fingerprint density at radius 1 is 0.607 bits per heavy atom. The Hall–Kier alpha value is -6.25. The standard InChI is InChI=1S/C48H47NO7/c1-3-47(49)55-34(2)54-46-29-41-43(52-32-37-20-12-6-13-21-37)27-40(50-30-35-16-8-4-9-17-35)28-44(41)56-48(46)39-24-25-42(51-31-36-18-10-5-11-19-36)45(26-39)53-33-38-22-14-7-15-23-38/h4-28,34,46,48-49H,3,29-33H2,1-2H3/t34?,46-,48-/m1/s1. The van der Waals surface area contributed by atoms with E-state index in [1.165, 1.54) is 0 Å². The zero-order chi connectivity index (χ0) is 38.5. The van der Waals surface area contributed by atoms with E-state index in [-0.39, 0.29) is 5.90 Å². The molecule has 3 atom stereocenters. The summed E-state index contributed by atoms with van der Waals surface area (Å²) in [5, 5.41) is 8.19. The minimum absolute atomic E-state index is 0.148. The molecule has 6 aromatic rings. The molecule has 1 N–H and O–H groups in total. The van der Waals surface area contributed by atoms with E-state index < -0.39 is 18.5 Å². The third-order valence-corrected chi connectivity index (χ3v) is 9.39. The van der Waals surface area contributed by atoms with Gasteiger partial charge in [-0.3, -0.25) is 5.41 Å². The number of fused-ring (bicyclic) bond motifs is 1. The van der Waals surface area contributed by atoms with Crippen molar-refractivity contribution in [3.05, 3.63) is 185 Å². The molecule has 0 bridgehead atoms. The molecule has 1 aliphatic heterocycles. The van der Waals surface area contributed by atoms with Crippen LogP contribution in [0.1, 0.15) is 59.8 Å². The number of ether oxygens (including phenoxy) is 7. The van der Waals surface area contributed by atoms with Crippen LogP contribution in [-0.4, -0.2) is 18.3 Å². The van der Waals surface area contributed by atoms with Crippen molar-refractivity contribution in [1.29, 1.82) is 5.41 Å². The first-order chi connectivity index (χ1) is 27.5.